The van der Waals surface area contributed by atoms with E-state index in [0.717, 1.165) is 18.6 Å². The van der Waals surface area contributed by atoms with Crippen LogP contribution in [0.2, 0.25) is 5.02 Å². The van der Waals surface area contributed by atoms with Crippen LogP contribution in [-0.4, -0.2) is 31.7 Å². The molecule has 51 heavy (non-hydrogen) atoms. The monoisotopic (exact) mass is 709 g/mol. The molecule has 1 aliphatic rings. The Labute approximate surface area is 300 Å². The summed E-state index contributed by atoms with van der Waals surface area (Å²) in [5, 5.41) is 13.2. The molecule has 0 saturated carbocycles. The Morgan fingerprint density at radius 1 is 0.784 bits per heavy atom. The Hall–Kier alpha value is -5.46. The number of halogens is 4. The number of rotatable bonds is 8. The van der Waals surface area contributed by atoms with Crippen LogP contribution in [0.4, 0.5) is 13.2 Å². The molecule has 1 aliphatic heterocycles. The number of nitrogens with zero attached hydrogens (tertiary/aromatic N) is 2. The van der Waals surface area contributed by atoms with Gasteiger partial charge in [0.15, 0.2) is 0 Å². The highest BCUT2D eigenvalue weighted by atomic mass is 35.5. The lowest BCUT2D eigenvalue weighted by Gasteiger charge is -2.49. The number of hydrogen-bond donors (Lipinski definition) is 1. The SMILES string of the molecule is COc1ccc(C(NC2=NC(C)(C)C(F)(F)[C@@](C)(c3cc(-c4cc(C#N)ccc4Cl)ccc3F)O2)(c2ccccc2)c2ccc(OC)cc2)cc1. The van der Waals surface area contributed by atoms with Crippen LogP contribution in [0.5, 0.6) is 11.5 Å². The molecule has 5 aromatic rings. The molecule has 0 spiro atoms. The third kappa shape index (κ3) is 6.04. The standard InChI is InChI=1S/C41H35ClF3N3O3/c1-38(2)41(44,45)39(3,34-24-27(12-22-36(34)43)33-23-26(25-46)11-21-35(33)42)51-37(47-38)48-40(28-9-7-6-8-10-28,29-13-17-31(49-4)18-14-29)30-15-19-32(50-5)20-16-30/h6-24H,1-5H3,(H,47,48)/t39-/m1/s1. The van der Waals surface area contributed by atoms with Gasteiger partial charge in [0, 0.05) is 16.1 Å². The van der Waals surface area contributed by atoms with Gasteiger partial charge in [-0.3, -0.25) is 0 Å². The molecule has 0 fully saturated rings. The first kappa shape index (κ1) is 35.4. The molecule has 260 valence electrons. The molecule has 10 heteroatoms. The van der Waals surface area contributed by atoms with Gasteiger partial charge in [0.25, 0.3) is 6.02 Å². The van der Waals surface area contributed by atoms with E-state index in [9.17, 15) is 5.26 Å². The Kier molecular flexibility index (Phi) is 9.26. The summed E-state index contributed by atoms with van der Waals surface area (Å²) in [5.41, 5.74) is -3.17. The predicted octanol–water partition coefficient (Wildman–Crippen LogP) is 9.63. The second kappa shape index (κ2) is 13.3. The van der Waals surface area contributed by atoms with Crippen LogP contribution in [0.3, 0.4) is 0 Å². The van der Waals surface area contributed by atoms with Crippen molar-refractivity contribution < 1.29 is 27.4 Å². The van der Waals surface area contributed by atoms with E-state index in [2.05, 4.69) is 16.4 Å². The van der Waals surface area contributed by atoms with Crippen molar-refractivity contribution in [2.45, 2.75) is 43.4 Å². The number of nitrogens with one attached hydrogen (secondary N) is 1. The van der Waals surface area contributed by atoms with Crippen molar-refractivity contribution in [1.82, 2.24) is 5.32 Å². The number of amidine groups is 1. The third-order valence-corrected chi connectivity index (χ3v) is 9.81. The van der Waals surface area contributed by atoms with Crippen LogP contribution in [0.15, 0.2) is 120 Å². The number of nitriles is 1. The van der Waals surface area contributed by atoms with Gasteiger partial charge < -0.3 is 19.5 Å². The van der Waals surface area contributed by atoms with Gasteiger partial charge in [-0.1, -0.05) is 72.3 Å². The molecule has 1 atom stereocenters. The van der Waals surface area contributed by atoms with Gasteiger partial charge >= 0.3 is 5.92 Å². The maximum Gasteiger partial charge on any atom is 0.315 e. The summed E-state index contributed by atoms with van der Waals surface area (Å²) < 4.78 is 66.8. The zero-order valence-electron chi connectivity index (χ0n) is 28.6. The maximum absolute atomic E-state index is 16.8. The number of methoxy groups -OCH3 is 2. The van der Waals surface area contributed by atoms with Crippen LogP contribution in [0.25, 0.3) is 11.1 Å². The lowest BCUT2D eigenvalue weighted by Crippen LogP contribution is -2.64. The molecule has 5 aromatic carbocycles. The Morgan fingerprint density at radius 3 is 1.90 bits per heavy atom. The van der Waals surface area contributed by atoms with Gasteiger partial charge in [-0.2, -0.15) is 14.0 Å². The zero-order valence-corrected chi connectivity index (χ0v) is 29.4. The van der Waals surface area contributed by atoms with Crippen molar-refractivity contribution in [3.05, 3.63) is 154 Å². The first-order valence-electron chi connectivity index (χ1n) is 16.1. The topological polar surface area (TPSA) is 75.9 Å². The van der Waals surface area contributed by atoms with Gasteiger partial charge in [0.05, 0.1) is 25.9 Å². The predicted molar refractivity (Wildman–Crippen MR) is 192 cm³/mol. The second-order valence-corrected chi connectivity index (χ2v) is 13.3. The van der Waals surface area contributed by atoms with E-state index < -0.39 is 34.0 Å². The molecule has 6 rings (SSSR count). The molecule has 6 nitrogen and oxygen atoms in total. The molecule has 1 heterocycles. The van der Waals surface area contributed by atoms with E-state index in [1.807, 2.05) is 54.6 Å². The van der Waals surface area contributed by atoms with Crippen LogP contribution >= 0.6 is 11.6 Å². The van der Waals surface area contributed by atoms with Crippen LogP contribution in [-0.2, 0) is 15.9 Å². The summed E-state index contributed by atoms with van der Waals surface area (Å²) in [5.74, 6) is -3.42. The molecule has 0 amide bonds. The highest BCUT2D eigenvalue weighted by Crippen LogP contribution is 2.53. The minimum atomic E-state index is -3.74. The van der Waals surface area contributed by atoms with E-state index in [0.29, 0.717) is 39.3 Å². The van der Waals surface area contributed by atoms with E-state index in [4.69, 9.17) is 25.8 Å². The van der Waals surface area contributed by atoms with Crippen molar-refractivity contribution in [2.24, 2.45) is 4.99 Å². The molecular formula is C41H35ClF3N3O3. The average molecular weight is 710 g/mol. The quantitative estimate of drug-likeness (QED) is 0.163. The van der Waals surface area contributed by atoms with Crippen molar-refractivity contribution in [3.63, 3.8) is 0 Å². The van der Waals surface area contributed by atoms with E-state index in [1.54, 1.807) is 38.5 Å². The van der Waals surface area contributed by atoms with Gasteiger partial charge in [-0.25, -0.2) is 9.38 Å². The molecule has 0 radical (unpaired) electrons. The summed E-state index contributed by atoms with van der Waals surface area (Å²) in [7, 11) is 3.13. The van der Waals surface area contributed by atoms with Gasteiger partial charge in [0.2, 0.25) is 5.60 Å². The van der Waals surface area contributed by atoms with Gasteiger partial charge in [0.1, 0.15) is 28.4 Å². The minimum Gasteiger partial charge on any atom is -0.497 e. The summed E-state index contributed by atoms with van der Waals surface area (Å²) in [6.07, 6.45) is 0. The smallest absolute Gasteiger partial charge is 0.315 e. The minimum absolute atomic E-state index is 0.238. The van der Waals surface area contributed by atoms with E-state index in [1.165, 1.54) is 44.2 Å². The van der Waals surface area contributed by atoms with Crippen molar-refractivity contribution in [1.29, 1.82) is 5.26 Å². The van der Waals surface area contributed by atoms with Crippen molar-refractivity contribution in [3.8, 4) is 28.7 Å². The summed E-state index contributed by atoms with van der Waals surface area (Å²) >= 11 is 6.48. The summed E-state index contributed by atoms with van der Waals surface area (Å²) in [6, 6.07) is 34.4. The summed E-state index contributed by atoms with van der Waals surface area (Å²) in [6.45, 7) is 3.73. The molecule has 0 unspecified atom stereocenters. The fourth-order valence-electron chi connectivity index (χ4n) is 6.59. The number of benzene rings is 5. The highest BCUT2D eigenvalue weighted by molar-refractivity contribution is 6.33. The zero-order chi connectivity index (χ0) is 36.6. The van der Waals surface area contributed by atoms with Crippen LogP contribution < -0.4 is 14.8 Å². The second-order valence-electron chi connectivity index (χ2n) is 12.9. The lowest BCUT2D eigenvalue weighted by molar-refractivity contribution is -0.217. The Morgan fingerprint density at radius 2 is 1.35 bits per heavy atom. The van der Waals surface area contributed by atoms with E-state index >= 15 is 13.2 Å². The number of aliphatic imine (C=N–C) groups is 1. The first-order valence-corrected chi connectivity index (χ1v) is 16.5. The number of alkyl halides is 2. The number of hydrogen-bond acceptors (Lipinski definition) is 6. The molecule has 0 saturated heterocycles. The maximum atomic E-state index is 16.8. The van der Waals surface area contributed by atoms with E-state index in [-0.39, 0.29) is 11.0 Å². The third-order valence-electron chi connectivity index (χ3n) is 9.48. The van der Waals surface area contributed by atoms with Crippen molar-refractivity contribution >= 4 is 17.6 Å². The van der Waals surface area contributed by atoms with Crippen LogP contribution in [0, 0.1) is 17.1 Å². The fourth-order valence-corrected chi connectivity index (χ4v) is 6.81. The fraction of sp³-hybridized carbons (Fsp3) is 0.220. The molecule has 1 N–H and O–H groups in total. The molecule has 0 aromatic heterocycles. The molecule has 0 aliphatic carbocycles. The molecular weight excluding hydrogens is 675 g/mol. The van der Waals surface area contributed by atoms with Gasteiger partial charge in [-0.05, 0) is 97.6 Å². The Bertz CT molecular complexity index is 2090. The lowest BCUT2D eigenvalue weighted by atomic mass is 9.76. The highest BCUT2D eigenvalue weighted by Gasteiger charge is 2.67. The van der Waals surface area contributed by atoms with Crippen LogP contribution in [0.1, 0.15) is 48.6 Å². The number of ether oxygens (including phenoxy) is 3. The molecule has 0 bridgehead atoms. The van der Waals surface area contributed by atoms with Crippen molar-refractivity contribution in [2.75, 3.05) is 14.2 Å². The summed E-state index contributed by atoms with van der Waals surface area (Å²) in [4.78, 5) is 4.47. The Balaban J connectivity index is 1.56. The first-order chi connectivity index (χ1) is 24.3. The van der Waals surface area contributed by atoms with Gasteiger partial charge in [-0.15, -0.1) is 0 Å². The largest absolute Gasteiger partial charge is 0.497 e. The average Bonchev–Trinajstić information content (AvgIpc) is 3.14. The normalized spacial score (nSPS) is 17.8.